The lowest BCUT2D eigenvalue weighted by Gasteiger charge is -2.07. The Morgan fingerprint density at radius 1 is 1.24 bits per heavy atom. The molecule has 128 valence electrons. The molecule has 1 heterocycles. The van der Waals surface area contributed by atoms with Crippen molar-refractivity contribution < 1.29 is 9.53 Å². The molecule has 0 radical (unpaired) electrons. The standard InChI is InChI=1S/C19H17BrN2O2S/c1-2-13-5-3-8-16(9-13)24-11-18(23)22-19-21-17(12-25-19)14-6-4-7-15(20)10-14/h3-10,12H,2,11H2,1H3,(H,21,22,23). The quantitative estimate of drug-likeness (QED) is 0.603. The minimum absolute atomic E-state index is 0.0427. The minimum Gasteiger partial charge on any atom is -0.484 e. The van der Waals surface area contributed by atoms with E-state index in [9.17, 15) is 4.79 Å². The lowest BCUT2D eigenvalue weighted by Crippen LogP contribution is -2.20. The number of anilines is 1. The molecule has 4 nitrogen and oxygen atoms in total. The van der Waals surface area contributed by atoms with E-state index in [2.05, 4.69) is 33.2 Å². The van der Waals surface area contributed by atoms with Crippen molar-refractivity contribution in [2.45, 2.75) is 13.3 Å². The summed E-state index contributed by atoms with van der Waals surface area (Å²) in [6.07, 6.45) is 0.931. The zero-order chi connectivity index (χ0) is 17.6. The van der Waals surface area contributed by atoms with Crippen LogP contribution >= 0.6 is 27.3 Å². The lowest BCUT2D eigenvalue weighted by molar-refractivity contribution is -0.118. The normalized spacial score (nSPS) is 10.5. The SMILES string of the molecule is CCc1cccc(OCC(=O)Nc2nc(-c3cccc(Br)c3)cs2)c1. The molecule has 1 N–H and O–H groups in total. The van der Waals surface area contributed by atoms with Crippen molar-refractivity contribution in [3.05, 3.63) is 63.9 Å². The third kappa shape index (κ3) is 4.90. The molecular formula is C19H17BrN2O2S. The number of aryl methyl sites for hydroxylation is 1. The molecule has 0 aliphatic carbocycles. The summed E-state index contributed by atoms with van der Waals surface area (Å²) in [6.45, 7) is 2.04. The Bertz CT molecular complexity index is 879. The number of hydrogen-bond acceptors (Lipinski definition) is 4. The zero-order valence-corrected chi connectivity index (χ0v) is 16.1. The Hall–Kier alpha value is -2.18. The van der Waals surface area contributed by atoms with Crippen molar-refractivity contribution in [2.75, 3.05) is 11.9 Å². The summed E-state index contributed by atoms with van der Waals surface area (Å²) < 4.78 is 6.54. The molecule has 0 spiro atoms. The largest absolute Gasteiger partial charge is 0.484 e. The summed E-state index contributed by atoms with van der Waals surface area (Å²) in [5, 5.41) is 5.26. The number of halogens is 1. The molecule has 0 aliphatic heterocycles. The second-order valence-electron chi connectivity index (χ2n) is 5.39. The summed E-state index contributed by atoms with van der Waals surface area (Å²) in [5.74, 6) is 0.473. The zero-order valence-electron chi connectivity index (χ0n) is 13.7. The topological polar surface area (TPSA) is 51.2 Å². The molecule has 0 unspecified atom stereocenters. The van der Waals surface area contributed by atoms with Gasteiger partial charge in [-0.2, -0.15) is 0 Å². The van der Waals surface area contributed by atoms with Gasteiger partial charge in [0.15, 0.2) is 11.7 Å². The molecule has 6 heteroatoms. The second-order valence-corrected chi connectivity index (χ2v) is 7.16. The van der Waals surface area contributed by atoms with Gasteiger partial charge in [0.1, 0.15) is 5.75 Å². The molecule has 0 atom stereocenters. The Morgan fingerprint density at radius 2 is 2.08 bits per heavy atom. The molecule has 25 heavy (non-hydrogen) atoms. The smallest absolute Gasteiger partial charge is 0.264 e. The number of rotatable bonds is 6. The Morgan fingerprint density at radius 3 is 2.88 bits per heavy atom. The molecule has 0 fully saturated rings. The highest BCUT2D eigenvalue weighted by Gasteiger charge is 2.09. The second kappa shape index (κ2) is 8.27. The van der Waals surface area contributed by atoms with Crippen LogP contribution in [0.1, 0.15) is 12.5 Å². The van der Waals surface area contributed by atoms with Crippen LogP contribution in [-0.2, 0) is 11.2 Å². The van der Waals surface area contributed by atoms with E-state index in [0.717, 1.165) is 22.2 Å². The van der Waals surface area contributed by atoms with Gasteiger partial charge in [-0.3, -0.25) is 10.1 Å². The average Bonchev–Trinajstić information content (AvgIpc) is 3.08. The van der Waals surface area contributed by atoms with Gasteiger partial charge < -0.3 is 4.74 Å². The number of ether oxygens (including phenoxy) is 1. The number of carbonyl (C=O) groups excluding carboxylic acids is 1. The first-order chi connectivity index (χ1) is 12.1. The molecule has 0 aliphatic rings. The molecule has 2 aromatic carbocycles. The van der Waals surface area contributed by atoms with Crippen molar-refractivity contribution in [2.24, 2.45) is 0 Å². The van der Waals surface area contributed by atoms with Gasteiger partial charge in [-0.1, -0.05) is 47.1 Å². The third-order valence-corrected chi connectivity index (χ3v) is 4.80. The first-order valence-electron chi connectivity index (χ1n) is 7.87. The maximum absolute atomic E-state index is 12.1. The Balaban J connectivity index is 1.58. The number of thiazole rings is 1. The van der Waals surface area contributed by atoms with Gasteiger partial charge in [0.25, 0.3) is 5.91 Å². The number of benzene rings is 2. The van der Waals surface area contributed by atoms with Gasteiger partial charge in [-0.25, -0.2) is 4.98 Å². The summed E-state index contributed by atoms with van der Waals surface area (Å²) in [7, 11) is 0. The fourth-order valence-corrected chi connectivity index (χ4v) is 3.41. The van der Waals surface area contributed by atoms with Crippen molar-refractivity contribution in [3.8, 4) is 17.0 Å². The highest BCUT2D eigenvalue weighted by molar-refractivity contribution is 9.10. The molecule has 3 aromatic rings. The molecular weight excluding hydrogens is 400 g/mol. The van der Waals surface area contributed by atoms with E-state index >= 15 is 0 Å². The molecule has 3 rings (SSSR count). The highest BCUT2D eigenvalue weighted by Crippen LogP contribution is 2.26. The molecule has 0 bridgehead atoms. The van der Waals surface area contributed by atoms with Crippen LogP contribution in [-0.4, -0.2) is 17.5 Å². The van der Waals surface area contributed by atoms with Crippen LogP contribution in [0.25, 0.3) is 11.3 Å². The Kier molecular flexibility index (Phi) is 5.83. The number of nitrogens with zero attached hydrogens (tertiary/aromatic N) is 1. The summed E-state index contributed by atoms with van der Waals surface area (Å²) in [6, 6.07) is 15.6. The van der Waals surface area contributed by atoms with E-state index < -0.39 is 0 Å². The van der Waals surface area contributed by atoms with E-state index in [-0.39, 0.29) is 12.5 Å². The van der Waals surface area contributed by atoms with Crippen LogP contribution in [0.3, 0.4) is 0 Å². The maximum Gasteiger partial charge on any atom is 0.264 e. The van der Waals surface area contributed by atoms with Gasteiger partial charge >= 0.3 is 0 Å². The van der Waals surface area contributed by atoms with Crippen molar-refractivity contribution in [1.82, 2.24) is 4.98 Å². The third-order valence-electron chi connectivity index (χ3n) is 3.55. The van der Waals surface area contributed by atoms with Crippen molar-refractivity contribution in [1.29, 1.82) is 0 Å². The maximum atomic E-state index is 12.1. The van der Waals surface area contributed by atoms with E-state index in [0.29, 0.717) is 10.9 Å². The van der Waals surface area contributed by atoms with Crippen molar-refractivity contribution in [3.63, 3.8) is 0 Å². The van der Waals surface area contributed by atoms with Gasteiger partial charge in [0, 0.05) is 15.4 Å². The predicted octanol–water partition coefficient (Wildman–Crippen LogP) is 5.15. The monoisotopic (exact) mass is 416 g/mol. The average molecular weight is 417 g/mol. The number of nitrogens with one attached hydrogen (secondary N) is 1. The fourth-order valence-electron chi connectivity index (χ4n) is 2.27. The fraction of sp³-hybridized carbons (Fsp3) is 0.158. The van der Waals surface area contributed by atoms with Crippen LogP contribution < -0.4 is 10.1 Å². The number of hydrogen-bond donors (Lipinski definition) is 1. The molecule has 1 aromatic heterocycles. The molecule has 0 saturated heterocycles. The van der Waals surface area contributed by atoms with Crippen LogP contribution in [0.5, 0.6) is 5.75 Å². The predicted molar refractivity (Wildman–Crippen MR) is 105 cm³/mol. The number of aromatic nitrogens is 1. The summed E-state index contributed by atoms with van der Waals surface area (Å²) >= 11 is 4.84. The van der Waals surface area contributed by atoms with Gasteiger partial charge in [0.2, 0.25) is 0 Å². The van der Waals surface area contributed by atoms with Crippen LogP contribution in [0.2, 0.25) is 0 Å². The minimum atomic E-state index is -0.225. The van der Waals surface area contributed by atoms with Crippen molar-refractivity contribution >= 4 is 38.3 Å². The number of amides is 1. The van der Waals surface area contributed by atoms with Crippen LogP contribution in [0, 0.1) is 0 Å². The lowest BCUT2D eigenvalue weighted by atomic mass is 10.2. The molecule has 0 saturated carbocycles. The van der Waals surface area contributed by atoms with Crippen LogP contribution in [0.4, 0.5) is 5.13 Å². The highest BCUT2D eigenvalue weighted by atomic mass is 79.9. The molecule has 1 amide bonds. The van der Waals surface area contributed by atoms with Gasteiger partial charge in [0.05, 0.1) is 5.69 Å². The Labute approximate surface area is 159 Å². The van der Waals surface area contributed by atoms with E-state index in [1.807, 2.05) is 53.9 Å². The van der Waals surface area contributed by atoms with E-state index in [1.165, 1.54) is 16.9 Å². The van der Waals surface area contributed by atoms with E-state index in [4.69, 9.17) is 4.74 Å². The van der Waals surface area contributed by atoms with E-state index in [1.54, 1.807) is 0 Å². The van der Waals surface area contributed by atoms with Crippen LogP contribution in [0.15, 0.2) is 58.4 Å². The summed E-state index contributed by atoms with van der Waals surface area (Å²) in [4.78, 5) is 16.5. The number of carbonyl (C=O) groups is 1. The first-order valence-corrected chi connectivity index (χ1v) is 9.54. The van der Waals surface area contributed by atoms with Gasteiger partial charge in [-0.15, -0.1) is 11.3 Å². The summed E-state index contributed by atoms with van der Waals surface area (Å²) in [5.41, 5.74) is 3.01. The van der Waals surface area contributed by atoms with Gasteiger partial charge in [-0.05, 0) is 36.2 Å². The first kappa shape index (κ1) is 17.6.